The average Bonchev–Trinajstić information content (AvgIpc) is 2.72. The number of aryl methyl sites for hydroxylation is 1. The number of nitrogens with zero attached hydrogens (tertiary/aromatic N) is 1. The molecule has 1 N–H and O–H groups in total. The number of carbonyl (C=O) groups excluding carboxylic acids is 2. The maximum atomic E-state index is 14.2. The zero-order valence-corrected chi connectivity index (χ0v) is 19.0. The lowest BCUT2D eigenvalue weighted by molar-refractivity contribution is -0.140. The summed E-state index contributed by atoms with van der Waals surface area (Å²) in [7, 11) is 0. The first kappa shape index (κ1) is 23.9. The van der Waals surface area contributed by atoms with E-state index in [9.17, 15) is 14.0 Å². The van der Waals surface area contributed by atoms with Gasteiger partial charge in [0.1, 0.15) is 11.9 Å². The minimum absolute atomic E-state index is 0.0664. The average molecular weight is 431 g/mol. The van der Waals surface area contributed by atoms with Crippen molar-refractivity contribution >= 4 is 23.6 Å². The molecule has 0 aliphatic heterocycles. The molecule has 30 heavy (non-hydrogen) atoms. The van der Waals surface area contributed by atoms with Crippen molar-refractivity contribution in [1.29, 1.82) is 0 Å². The number of amides is 2. The van der Waals surface area contributed by atoms with Crippen molar-refractivity contribution in [2.24, 2.45) is 5.92 Å². The highest BCUT2D eigenvalue weighted by Gasteiger charge is 2.26. The van der Waals surface area contributed by atoms with Crippen molar-refractivity contribution in [3.8, 4) is 0 Å². The predicted molar refractivity (Wildman–Crippen MR) is 121 cm³/mol. The van der Waals surface area contributed by atoms with Crippen molar-refractivity contribution in [1.82, 2.24) is 10.2 Å². The van der Waals surface area contributed by atoms with Crippen LogP contribution < -0.4 is 5.32 Å². The van der Waals surface area contributed by atoms with Crippen molar-refractivity contribution in [3.63, 3.8) is 0 Å². The van der Waals surface area contributed by atoms with E-state index in [1.54, 1.807) is 36.9 Å². The summed E-state index contributed by atoms with van der Waals surface area (Å²) in [4.78, 5) is 28.2. The van der Waals surface area contributed by atoms with E-state index in [1.165, 1.54) is 16.5 Å². The van der Waals surface area contributed by atoms with Crippen molar-refractivity contribution < 1.29 is 14.0 Å². The maximum Gasteiger partial charge on any atom is 0.242 e. The van der Waals surface area contributed by atoms with E-state index in [0.29, 0.717) is 23.8 Å². The molecule has 0 unspecified atom stereocenters. The van der Waals surface area contributed by atoms with Crippen LogP contribution in [0.4, 0.5) is 4.39 Å². The fourth-order valence-corrected chi connectivity index (χ4v) is 3.72. The Morgan fingerprint density at radius 1 is 1.07 bits per heavy atom. The molecule has 0 aliphatic rings. The fraction of sp³-hybridized carbons (Fsp3) is 0.417. The van der Waals surface area contributed by atoms with E-state index < -0.39 is 6.04 Å². The summed E-state index contributed by atoms with van der Waals surface area (Å²) in [5.74, 6) is 0.141. The Morgan fingerprint density at radius 2 is 1.73 bits per heavy atom. The van der Waals surface area contributed by atoms with Crippen LogP contribution in [0.15, 0.2) is 53.4 Å². The van der Waals surface area contributed by atoms with Gasteiger partial charge in [-0.05, 0) is 38.0 Å². The van der Waals surface area contributed by atoms with Gasteiger partial charge < -0.3 is 10.2 Å². The third-order valence-corrected chi connectivity index (χ3v) is 5.77. The summed E-state index contributed by atoms with van der Waals surface area (Å²) >= 11 is 1.60. The van der Waals surface area contributed by atoms with Crippen molar-refractivity contribution in [2.75, 3.05) is 12.3 Å². The maximum absolute atomic E-state index is 14.2. The summed E-state index contributed by atoms with van der Waals surface area (Å²) in [6, 6.07) is 13.8. The number of carbonyl (C=O) groups is 2. The molecular weight excluding hydrogens is 399 g/mol. The van der Waals surface area contributed by atoms with Gasteiger partial charge in [-0.25, -0.2) is 4.39 Å². The number of hydrogen-bond acceptors (Lipinski definition) is 3. The van der Waals surface area contributed by atoms with Crippen LogP contribution >= 0.6 is 11.8 Å². The van der Waals surface area contributed by atoms with Gasteiger partial charge in [0.2, 0.25) is 11.8 Å². The minimum atomic E-state index is -0.680. The van der Waals surface area contributed by atoms with E-state index >= 15 is 0 Å². The molecule has 0 aromatic heterocycles. The molecule has 0 heterocycles. The Bertz CT molecular complexity index is 839. The van der Waals surface area contributed by atoms with E-state index in [1.807, 2.05) is 45.0 Å². The second kappa shape index (κ2) is 11.7. The van der Waals surface area contributed by atoms with Gasteiger partial charge in [0.05, 0.1) is 0 Å². The first-order chi connectivity index (χ1) is 14.3. The number of hydrogen-bond donors (Lipinski definition) is 1. The van der Waals surface area contributed by atoms with Crippen LogP contribution in [0.25, 0.3) is 0 Å². The molecule has 2 amide bonds. The van der Waals surface area contributed by atoms with E-state index in [-0.39, 0.29) is 30.6 Å². The smallest absolute Gasteiger partial charge is 0.242 e. The second-order valence-electron chi connectivity index (χ2n) is 7.84. The Hall–Kier alpha value is -2.34. The van der Waals surface area contributed by atoms with Crippen LogP contribution in [-0.4, -0.2) is 35.1 Å². The van der Waals surface area contributed by atoms with Gasteiger partial charge in [-0.15, -0.1) is 11.8 Å². The number of benzene rings is 2. The lowest BCUT2D eigenvalue weighted by Crippen LogP contribution is -2.48. The van der Waals surface area contributed by atoms with Crippen LogP contribution in [0.5, 0.6) is 0 Å². The van der Waals surface area contributed by atoms with Crippen molar-refractivity contribution in [3.05, 3.63) is 65.5 Å². The molecule has 0 spiro atoms. The molecule has 162 valence electrons. The Balaban J connectivity index is 2.06. The van der Waals surface area contributed by atoms with Gasteiger partial charge in [-0.3, -0.25) is 9.59 Å². The van der Waals surface area contributed by atoms with Crippen LogP contribution in [0.2, 0.25) is 0 Å². The van der Waals surface area contributed by atoms with Gasteiger partial charge >= 0.3 is 0 Å². The van der Waals surface area contributed by atoms with Crippen LogP contribution in [-0.2, 0) is 16.1 Å². The quantitative estimate of drug-likeness (QED) is 0.551. The van der Waals surface area contributed by atoms with Gasteiger partial charge in [0.25, 0.3) is 0 Å². The lowest BCUT2D eigenvalue weighted by Gasteiger charge is -2.29. The monoisotopic (exact) mass is 430 g/mol. The van der Waals surface area contributed by atoms with Gasteiger partial charge in [0, 0.05) is 35.7 Å². The molecule has 0 aliphatic carbocycles. The summed E-state index contributed by atoms with van der Waals surface area (Å²) < 4.78 is 14.2. The molecule has 4 nitrogen and oxygen atoms in total. The Kier molecular flexibility index (Phi) is 9.37. The van der Waals surface area contributed by atoms with E-state index in [2.05, 4.69) is 5.32 Å². The minimum Gasteiger partial charge on any atom is -0.354 e. The predicted octanol–water partition coefficient (Wildman–Crippen LogP) is 4.81. The molecule has 2 rings (SSSR count). The van der Waals surface area contributed by atoms with E-state index in [4.69, 9.17) is 0 Å². The fourth-order valence-electron chi connectivity index (χ4n) is 2.88. The molecule has 2 aromatic rings. The highest BCUT2D eigenvalue weighted by Crippen LogP contribution is 2.21. The standard InChI is InChI=1S/C24H31FN2O2S/c1-17(2)15-26-24(29)19(4)27(16-20-7-5-6-8-22(20)25)23(28)13-14-30-21-11-9-18(3)10-12-21/h5-12,17,19H,13-16H2,1-4H3,(H,26,29)/t19-/m1/s1. The first-order valence-corrected chi connectivity index (χ1v) is 11.3. The molecule has 0 fully saturated rings. The second-order valence-corrected chi connectivity index (χ2v) is 9.01. The van der Waals surface area contributed by atoms with E-state index in [0.717, 1.165) is 4.90 Å². The zero-order valence-electron chi connectivity index (χ0n) is 18.2. The van der Waals surface area contributed by atoms with Crippen LogP contribution in [0.1, 0.15) is 38.3 Å². The summed E-state index contributed by atoms with van der Waals surface area (Å²) in [5.41, 5.74) is 1.59. The zero-order chi connectivity index (χ0) is 22.1. The lowest BCUT2D eigenvalue weighted by atomic mass is 10.1. The van der Waals surface area contributed by atoms with Gasteiger partial charge in [0.15, 0.2) is 0 Å². The number of rotatable bonds is 10. The Labute approximate surface area is 183 Å². The largest absolute Gasteiger partial charge is 0.354 e. The molecule has 0 saturated carbocycles. The molecule has 6 heteroatoms. The molecule has 0 bridgehead atoms. The first-order valence-electron chi connectivity index (χ1n) is 10.3. The van der Waals surface area contributed by atoms with Crippen LogP contribution in [0, 0.1) is 18.7 Å². The van der Waals surface area contributed by atoms with Crippen molar-refractivity contribution in [2.45, 2.75) is 51.6 Å². The molecule has 1 atom stereocenters. The SMILES string of the molecule is Cc1ccc(SCCC(=O)N(Cc2ccccc2F)[C@H](C)C(=O)NCC(C)C)cc1. The van der Waals surface area contributed by atoms with Gasteiger partial charge in [-0.1, -0.05) is 49.7 Å². The number of nitrogens with one attached hydrogen (secondary N) is 1. The number of thioether (sulfide) groups is 1. The topological polar surface area (TPSA) is 49.4 Å². The highest BCUT2D eigenvalue weighted by atomic mass is 32.2. The third kappa shape index (κ3) is 7.48. The normalized spacial score (nSPS) is 11.9. The van der Waals surface area contributed by atoms with Gasteiger partial charge in [-0.2, -0.15) is 0 Å². The molecule has 0 radical (unpaired) electrons. The summed E-state index contributed by atoms with van der Waals surface area (Å²) in [6.07, 6.45) is 0.273. The highest BCUT2D eigenvalue weighted by molar-refractivity contribution is 7.99. The molecule has 2 aromatic carbocycles. The molecule has 0 saturated heterocycles. The summed E-state index contributed by atoms with van der Waals surface area (Å²) in [5, 5.41) is 2.87. The number of halogens is 1. The Morgan fingerprint density at radius 3 is 2.37 bits per heavy atom. The molecular formula is C24H31FN2O2S. The third-order valence-electron chi connectivity index (χ3n) is 4.76. The summed E-state index contributed by atoms with van der Waals surface area (Å²) in [6.45, 7) is 8.35. The van der Waals surface area contributed by atoms with Crippen LogP contribution in [0.3, 0.4) is 0 Å².